The van der Waals surface area contributed by atoms with Crippen LogP contribution in [0.2, 0.25) is 0 Å². The Balaban J connectivity index is 2.96. The summed E-state index contributed by atoms with van der Waals surface area (Å²) in [6.07, 6.45) is 1.83. The van der Waals surface area contributed by atoms with Gasteiger partial charge in [-0.3, -0.25) is 9.20 Å². The van der Waals surface area contributed by atoms with Gasteiger partial charge in [-0.15, -0.1) is 0 Å². The summed E-state index contributed by atoms with van der Waals surface area (Å²) in [5, 5.41) is 0. The first-order valence-electron chi connectivity index (χ1n) is 4.55. The van der Waals surface area contributed by atoms with Crippen molar-refractivity contribution in [2.24, 2.45) is 0 Å². The van der Waals surface area contributed by atoms with E-state index in [0.29, 0.717) is 0 Å². The molecule has 0 aliphatic carbocycles. The van der Waals surface area contributed by atoms with Crippen LogP contribution in [0.1, 0.15) is 16.8 Å². The smallest absolute Gasteiger partial charge is 0.258 e. The fourth-order valence-corrected chi connectivity index (χ4v) is 1.46. The molecule has 0 unspecified atom stereocenters. The van der Waals surface area contributed by atoms with Gasteiger partial charge in [0.1, 0.15) is 5.65 Å². The van der Waals surface area contributed by atoms with Crippen molar-refractivity contribution in [2.75, 3.05) is 0 Å². The van der Waals surface area contributed by atoms with Gasteiger partial charge in [0, 0.05) is 18.0 Å². The molecule has 0 atom stereocenters. The molecule has 0 bridgehead atoms. The summed E-state index contributed by atoms with van der Waals surface area (Å²) < 4.78 is 1.58. The topological polar surface area (TPSA) is 34.4 Å². The molecular weight excluding hydrogens is 176 g/mol. The summed E-state index contributed by atoms with van der Waals surface area (Å²) in [4.78, 5) is 15.9. The van der Waals surface area contributed by atoms with Gasteiger partial charge in [0.05, 0.1) is 0 Å². The zero-order chi connectivity index (χ0) is 10.3. The number of nitrogens with zero attached hydrogens (tertiary/aromatic N) is 2. The lowest BCUT2D eigenvalue weighted by Gasteiger charge is -2.04. The average Bonchev–Trinajstić information content (AvgIpc) is 2.08. The predicted molar refractivity (Wildman–Crippen MR) is 55.7 cm³/mol. The third-order valence-corrected chi connectivity index (χ3v) is 2.40. The molecule has 0 amide bonds. The monoisotopic (exact) mass is 188 g/mol. The van der Waals surface area contributed by atoms with Crippen LogP contribution in [0.25, 0.3) is 5.65 Å². The van der Waals surface area contributed by atoms with Crippen LogP contribution >= 0.6 is 0 Å². The second kappa shape index (κ2) is 2.94. The molecule has 0 aliphatic rings. The molecule has 0 saturated heterocycles. The summed E-state index contributed by atoms with van der Waals surface area (Å²) in [5.74, 6) is 0. The lowest BCUT2D eigenvalue weighted by atomic mass is 10.2. The van der Waals surface area contributed by atoms with Gasteiger partial charge in [-0.05, 0) is 38.0 Å². The highest BCUT2D eigenvalue weighted by Gasteiger charge is 2.01. The molecule has 3 heteroatoms. The lowest BCUT2D eigenvalue weighted by molar-refractivity contribution is 0.999. The minimum absolute atomic E-state index is 0.0180. The normalized spacial score (nSPS) is 10.8. The molecule has 0 fully saturated rings. The molecule has 0 N–H and O–H groups in total. The molecule has 72 valence electrons. The van der Waals surface area contributed by atoms with Crippen LogP contribution in [0.5, 0.6) is 0 Å². The maximum Gasteiger partial charge on any atom is 0.258 e. The van der Waals surface area contributed by atoms with E-state index in [0.717, 1.165) is 22.5 Å². The van der Waals surface area contributed by atoms with E-state index in [4.69, 9.17) is 0 Å². The number of hydrogen-bond acceptors (Lipinski definition) is 2. The van der Waals surface area contributed by atoms with Crippen LogP contribution in [0.3, 0.4) is 0 Å². The molecule has 0 aromatic carbocycles. The second-order valence-corrected chi connectivity index (χ2v) is 3.60. The molecule has 14 heavy (non-hydrogen) atoms. The van der Waals surface area contributed by atoms with Crippen molar-refractivity contribution in [3.63, 3.8) is 0 Å². The minimum atomic E-state index is -0.0180. The van der Waals surface area contributed by atoms with Crippen LogP contribution in [0.15, 0.2) is 23.1 Å². The first-order chi connectivity index (χ1) is 6.58. The van der Waals surface area contributed by atoms with Crippen molar-refractivity contribution >= 4 is 5.65 Å². The van der Waals surface area contributed by atoms with E-state index >= 15 is 0 Å². The van der Waals surface area contributed by atoms with E-state index in [9.17, 15) is 4.79 Å². The first-order valence-corrected chi connectivity index (χ1v) is 4.55. The molecule has 0 radical (unpaired) electrons. The van der Waals surface area contributed by atoms with E-state index in [1.54, 1.807) is 10.5 Å². The Morgan fingerprint density at radius 2 is 1.86 bits per heavy atom. The van der Waals surface area contributed by atoms with Gasteiger partial charge in [-0.2, -0.15) is 0 Å². The third-order valence-electron chi connectivity index (χ3n) is 2.40. The Morgan fingerprint density at radius 3 is 2.57 bits per heavy atom. The van der Waals surface area contributed by atoms with Gasteiger partial charge in [0.15, 0.2) is 0 Å². The molecule has 0 aliphatic heterocycles. The van der Waals surface area contributed by atoms with Gasteiger partial charge in [-0.1, -0.05) is 0 Å². The fraction of sp³-hybridized carbons (Fsp3) is 0.273. The molecule has 2 aromatic heterocycles. The molecule has 3 nitrogen and oxygen atoms in total. The minimum Gasteiger partial charge on any atom is -0.269 e. The van der Waals surface area contributed by atoms with Gasteiger partial charge in [-0.25, -0.2) is 4.98 Å². The highest BCUT2D eigenvalue weighted by Crippen LogP contribution is 2.08. The maximum atomic E-state index is 11.6. The highest BCUT2D eigenvalue weighted by molar-refractivity contribution is 5.44. The van der Waals surface area contributed by atoms with Gasteiger partial charge in [0.25, 0.3) is 5.56 Å². The summed E-state index contributed by atoms with van der Waals surface area (Å²) in [6.45, 7) is 5.83. The van der Waals surface area contributed by atoms with Crippen LogP contribution in [-0.4, -0.2) is 9.38 Å². The van der Waals surface area contributed by atoms with Crippen LogP contribution in [0, 0.1) is 20.8 Å². The molecule has 2 heterocycles. The van der Waals surface area contributed by atoms with E-state index in [1.807, 2.05) is 33.0 Å². The third kappa shape index (κ3) is 1.31. The number of hydrogen-bond donors (Lipinski definition) is 0. The number of aromatic nitrogens is 2. The van der Waals surface area contributed by atoms with Gasteiger partial charge < -0.3 is 0 Å². The first kappa shape index (κ1) is 8.94. The van der Waals surface area contributed by atoms with Crippen molar-refractivity contribution in [1.82, 2.24) is 9.38 Å². The predicted octanol–water partition coefficient (Wildman–Crippen LogP) is 1.62. The average molecular weight is 188 g/mol. The van der Waals surface area contributed by atoms with E-state index in [2.05, 4.69) is 4.98 Å². The van der Waals surface area contributed by atoms with Crippen molar-refractivity contribution in [1.29, 1.82) is 0 Å². The van der Waals surface area contributed by atoms with Gasteiger partial charge >= 0.3 is 0 Å². The summed E-state index contributed by atoms with van der Waals surface area (Å²) in [5.41, 5.74) is 3.72. The van der Waals surface area contributed by atoms with Crippen molar-refractivity contribution in [3.05, 3.63) is 45.5 Å². The van der Waals surface area contributed by atoms with Crippen LogP contribution < -0.4 is 5.56 Å². The zero-order valence-electron chi connectivity index (χ0n) is 8.53. The number of fused-ring (bicyclic) bond motifs is 1. The summed E-state index contributed by atoms with van der Waals surface area (Å²) in [6, 6.07) is 3.48. The number of aryl methyl sites for hydroxylation is 3. The Hall–Kier alpha value is -1.64. The van der Waals surface area contributed by atoms with Crippen molar-refractivity contribution in [3.8, 4) is 0 Å². The quantitative estimate of drug-likeness (QED) is 0.629. The van der Waals surface area contributed by atoms with Crippen LogP contribution in [-0.2, 0) is 0 Å². The molecule has 0 spiro atoms. The van der Waals surface area contributed by atoms with Crippen LogP contribution in [0.4, 0.5) is 0 Å². The molecule has 2 rings (SSSR count). The highest BCUT2D eigenvalue weighted by atomic mass is 16.1. The fourth-order valence-electron chi connectivity index (χ4n) is 1.46. The Morgan fingerprint density at radius 1 is 1.14 bits per heavy atom. The Labute approximate surface area is 82.0 Å². The summed E-state index contributed by atoms with van der Waals surface area (Å²) >= 11 is 0. The number of rotatable bonds is 0. The van der Waals surface area contributed by atoms with E-state index in [1.165, 1.54) is 0 Å². The SMILES string of the molecule is Cc1cc(=O)n2cc(C)c(C)cc2n1. The van der Waals surface area contributed by atoms with Crippen molar-refractivity contribution < 1.29 is 0 Å². The standard InChI is InChI=1S/C11H12N2O/c1-7-4-10-12-9(3)5-11(14)13(10)6-8(7)2/h4-6H,1-3H3. The van der Waals surface area contributed by atoms with E-state index in [-0.39, 0.29) is 5.56 Å². The van der Waals surface area contributed by atoms with Gasteiger partial charge in [0.2, 0.25) is 0 Å². The number of pyridine rings is 1. The zero-order valence-corrected chi connectivity index (χ0v) is 8.53. The maximum absolute atomic E-state index is 11.6. The Kier molecular flexibility index (Phi) is 1.88. The van der Waals surface area contributed by atoms with Crippen molar-refractivity contribution in [2.45, 2.75) is 20.8 Å². The molecular formula is C11H12N2O. The van der Waals surface area contributed by atoms with E-state index < -0.39 is 0 Å². The summed E-state index contributed by atoms with van der Waals surface area (Å²) in [7, 11) is 0. The molecule has 0 saturated carbocycles. The lowest BCUT2D eigenvalue weighted by Crippen LogP contribution is -2.15. The largest absolute Gasteiger partial charge is 0.269 e. The second-order valence-electron chi connectivity index (χ2n) is 3.60. The molecule has 2 aromatic rings. The Bertz CT molecular complexity index is 555.